The predicted molar refractivity (Wildman–Crippen MR) is 112 cm³/mol. The molecule has 0 unspecified atom stereocenters. The Morgan fingerprint density at radius 3 is 2.66 bits per heavy atom. The van der Waals surface area contributed by atoms with E-state index in [2.05, 4.69) is 30.5 Å². The number of pyridine rings is 1. The van der Waals surface area contributed by atoms with Crippen molar-refractivity contribution in [2.45, 2.75) is 25.8 Å². The highest BCUT2D eigenvalue weighted by Crippen LogP contribution is 2.30. The minimum atomic E-state index is -4.52. The number of nitrogens with one attached hydrogen (secondary N) is 1. The molecule has 1 aliphatic heterocycles. The summed E-state index contributed by atoms with van der Waals surface area (Å²) in [5, 5.41) is 12.1. The van der Waals surface area contributed by atoms with Crippen molar-refractivity contribution in [3.63, 3.8) is 0 Å². The van der Waals surface area contributed by atoms with Crippen LogP contribution in [0.1, 0.15) is 17.3 Å². The van der Waals surface area contributed by atoms with Crippen LogP contribution in [0.2, 0.25) is 0 Å². The van der Waals surface area contributed by atoms with E-state index in [4.69, 9.17) is 5.73 Å². The summed E-state index contributed by atoms with van der Waals surface area (Å²) in [6.07, 6.45) is 0.394. The summed E-state index contributed by atoms with van der Waals surface area (Å²) in [5.41, 5.74) is 7.56. The number of anilines is 3. The lowest BCUT2D eigenvalue weighted by molar-refractivity contribution is -0.147. The molecule has 0 saturated heterocycles. The number of hydrogen-bond donors (Lipinski definition) is 2. The summed E-state index contributed by atoms with van der Waals surface area (Å²) in [6, 6.07) is 7.65. The maximum Gasteiger partial charge on any atom is 0.451 e. The lowest BCUT2D eigenvalue weighted by atomic mass is 10.1. The summed E-state index contributed by atoms with van der Waals surface area (Å²) < 4.78 is 40.1. The van der Waals surface area contributed by atoms with E-state index in [0.29, 0.717) is 30.4 Å². The van der Waals surface area contributed by atoms with Gasteiger partial charge in [0.1, 0.15) is 11.6 Å². The van der Waals surface area contributed by atoms with Gasteiger partial charge in [0.05, 0.1) is 31.2 Å². The van der Waals surface area contributed by atoms with Crippen molar-refractivity contribution in [2.75, 3.05) is 22.5 Å². The quantitative estimate of drug-likeness (QED) is 0.498. The number of halogens is 3. The third-order valence-electron chi connectivity index (χ3n) is 5.32. The van der Waals surface area contributed by atoms with E-state index in [1.165, 1.54) is 0 Å². The molecule has 164 valence electrons. The molecule has 1 aromatic carbocycles. The van der Waals surface area contributed by atoms with Gasteiger partial charge in [-0.25, -0.2) is 9.97 Å². The van der Waals surface area contributed by atoms with Gasteiger partial charge in [-0.05, 0) is 12.1 Å². The first kappa shape index (κ1) is 20.0. The molecule has 12 heteroatoms. The number of rotatable bonds is 4. The zero-order valence-corrected chi connectivity index (χ0v) is 16.7. The van der Waals surface area contributed by atoms with Gasteiger partial charge >= 0.3 is 6.18 Å². The maximum absolute atomic E-state index is 13.0. The van der Waals surface area contributed by atoms with E-state index in [1.54, 1.807) is 18.6 Å². The highest BCUT2D eigenvalue weighted by atomic mass is 19.4. The number of nitrogens with zero attached hydrogens (tertiary/aromatic N) is 7. The van der Waals surface area contributed by atoms with Gasteiger partial charge in [-0.2, -0.15) is 13.2 Å². The SMILES string of the molecule is Nc1nccc2c(NCc3cnc(N4CCn5c(nnc5C(F)(F)F)C4)cn3)cccc12. The van der Waals surface area contributed by atoms with Crippen LogP contribution < -0.4 is 16.0 Å². The number of aromatic nitrogens is 6. The monoisotopic (exact) mass is 441 g/mol. The molecule has 9 nitrogen and oxygen atoms in total. The Hall–Kier alpha value is -3.96. The van der Waals surface area contributed by atoms with Gasteiger partial charge in [0.25, 0.3) is 0 Å². The molecule has 0 fully saturated rings. The zero-order valence-electron chi connectivity index (χ0n) is 16.7. The Labute approximate surface area is 180 Å². The normalized spacial score (nSPS) is 13.9. The van der Waals surface area contributed by atoms with Crippen molar-refractivity contribution in [3.05, 3.63) is 60.2 Å². The molecule has 0 bridgehead atoms. The summed E-state index contributed by atoms with van der Waals surface area (Å²) in [7, 11) is 0. The smallest absolute Gasteiger partial charge is 0.383 e. The van der Waals surface area contributed by atoms with Crippen LogP contribution >= 0.6 is 0 Å². The molecule has 0 aliphatic carbocycles. The van der Waals surface area contributed by atoms with Gasteiger partial charge in [0.15, 0.2) is 5.82 Å². The molecule has 4 aromatic rings. The fourth-order valence-electron chi connectivity index (χ4n) is 3.74. The largest absolute Gasteiger partial charge is 0.451 e. The molecule has 4 heterocycles. The van der Waals surface area contributed by atoms with Gasteiger partial charge in [0.2, 0.25) is 5.82 Å². The van der Waals surface area contributed by atoms with Crippen LogP contribution in [0.4, 0.5) is 30.5 Å². The Kier molecular flexibility index (Phi) is 4.76. The van der Waals surface area contributed by atoms with Crippen LogP contribution in [0.15, 0.2) is 42.9 Å². The van der Waals surface area contributed by atoms with E-state index in [0.717, 1.165) is 21.0 Å². The molecular formula is C20H18F3N9. The number of benzene rings is 1. The van der Waals surface area contributed by atoms with Crippen molar-refractivity contribution in [3.8, 4) is 0 Å². The van der Waals surface area contributed by atoms with E-state index in [9.17, 15) is 13.2 Å². The second-order valence-corrected chi connectivity index (χ2v) is 7.33. The second kappa shape index (κ2) is 7.62. The number of alkyl halides is 3. The standard InChI is InChI=1S/C20H18F3N9/c21-20(22,23)19-30-29-17-11-31(6-7-32(17)19)16-10-26-12(9-28-16)8-27-15-3-1-2-14-13(15)4-5-25-18(14)24/h1-5,9-10,27H,6-8,11H2,(H2,24,25). The molecule has 0 atom stereocenters. The minimum Gasteiger partial charge on any atom is -0.383 e. The summed E-state index contributed by atoms with van der Waals surface area (Å²) in [5.74, 6) is 0.321. The number of nitrogen functional groups attached to an aromatic ring is 1. The van der Waals surface area contributed by atoms with Gasteiger partial charge in [-0.3, -0.25) is 4.98 Å². The van der Waals surface area contributed by atoms with Crippen molar-refractivity contribution in [2.24, 2.45) is 0 Å². The summed E-state index contributed by atoms with van der Waals surface area (Å²) in [4.78, 5) is 14.8. The Bertz CT molecular complexity index is 1270. The fraction of sp³-hybridized carbons (Fsp3) is 0.250. The molecule has 0 radical (unpaired) electrons. The average Bonchev–Trinajstić information content (AvgIpc) is 3.22. The average molecular weight is 441 g/mol. The first-order valence-electron chi connectivity index (χ1n) is 9.82. The van der Waals surface area contributed by atoms with Gasteiger partial charge in [-0.1, -0.05) is 12.1 Å². The van der Waals surface area contributed by atoms with E-state index >= 15 is 0 Å². The lowest BCUT2D eigenvalue weighted by Gasteiger charge is -2.28. The second-order valence-electron chi connectivity index (χ2n) is 7.33. The topological polar surface area (TPSA) is 111 Å². The molecule has 3 aromatic heterocycles. The number of fused-ring (bicyclic) bond motifs is 2. The zero-order chi connectivity index (χ0) is 22.3. The highest BCUT2D eigenvalue weighted by Gasteiger charge is 2.39. The number of hydrogen-bond acceptors (Lipinski definition) is 8. The summed E-state index contributed by atoms with van der Waals surface area (Å²) >= 11 is 0. The summed E-state index contributed by atoms with van der Waals surface area (Å²) in [6.45, 7) is 1.10. The van der Waals surface area contributed by atoms with E-state index < -0.39 is 12.0 Å². The molecule has 32 heavy (non-hydrogen) atoms. The third-order valence-corrected chi connectivity index (χ3v) is 5.32. The van der Waals surface area contributed by atoms with Crippen LogP contribution in [0.3, 0.4) is 0 Å². The van der Waals surface area contributed by atoms with Crippen LogP contribution in [-0.2, 0) is 25.8 Å². The molecular weight excluding hydrogens is 423 g/mol. The minimum absolute atomic E-state index is 0.126. The molecule has 1 aliphatic rings. The fourth-order valence-corrected chi connectivity index (χ4v) is 3.74. The van der Waals surface area contributed by atoms with Crippen LogP contribution in [0, 0.1) is 0 Å². The third kappa shape index (κ3) is 3.63. The van der Waals surface area contributed by atoms with Gasteiger partial charge < -0.3 is 20.5 Å². The molecule has 0 spiro atoms. The van der Waals surface area contributed by atoms with Crippen molar-refractivity contribution in [1.29, 1.82) is 0 Å². The highest BCUT2D eigenvalue weighted by molar-refractivity contribution is 5.99. The van der Waals surface area contributed by atoms with Crippen molar-refractivity contribution >= 4 is 28.1 Å². The lowest BCUT2D eigenvalue weighted by Crippen LogP contribution is -2.35. The first-order valence-corrected chi connectivity index (χ1v) is 9.82. The van der Waals surface area contributed by atoms with Gasteiger partial charge in [-0.15, -0.1) is 10.2 Å². The molecule has 0 amide bonds. The van der Waals surface area contributed by atoms with Crippen molar-refractivity contribution in [1.82, 2.24) is 29.7 Å². The Morgan fingerprint density at radius 1 is 1.00 bits per heavy atom. The first-order chi connectivity index (χ1) is 15.4. The predicted octanol–water partition coefficient (Wildman–Crippen LogP) is 2.85. The van der Waals surface area contributed by atoms with Crippen LogP contribution in [-0.4, -0.2) is 36.3 Å². The van der Waals surface area contributed by atoms with Gasteiger partial charge in [0, 0.05) is 35.7 Å². The van der Waals surface area contributed by atoms with E-state index in [1.807, 2.05) is 29.2 Å². The van der Waals surface area contributed by atoms with Crippen LogP contribution in [0.25, 0.3) is 10.8 Å². The molecule has 0 saturated carbocycles. The van der Waals surface area contributed by atoms with Crippen molar-refractivity contribution < 1.29 is 13.2 Å². The van der Waals surface area contributed by atoms with E-state index in [-0.39, 0.29) is 18.9 Å². The molecule has 3 N–H and O–H groups in total. The maximum atomic E-state index is 13.0. The van der Waals surface area contributed by atoms with Crippen LogP contribution in [0.5, 0.6) is 0 Å². The molecule has 5 rings (SSSR count). The Balaban J connectivity index is 1.28. The number of nitrogens with two attached hydrogens (primary N) is 1. The Morgan fingerprint density at radius 2 is 1.88 bits per heavy atom.